The van der Waals surface area contributed by atoms with E-state index in [0.717, 1.165) is 25.9 Å². The van der Waals surface area contributed by atoms with Crippen LogP contribution >= 0.6 is 0 Å². The molecule has 20 heavy (non-hydrogen) atoms. The molecular weight excluding hydrogens is 250 g/mol. The second-order valence-electron chi connectivity index (χ2n) is 5.50. The lowest BCUT2D eigenvalue weighted by molar-refractivity contribution is -0.143. The molecule has 0 bridgehead atoms. The average Bonchev–Trinajstić information content (AvgIpc) is 2.40. The van der Waals surface area contributed by atoms with E-state index in [9.17, 15) is 4.79 Å². The van der Waals surface area contributed by atoms with Crippen LogP contribution in [0, 0.1) is 5.92 Å². The SMILES string of the molecule is CCOC(=O)CCCNCc1ccc(CC(C)C)cc1. The van der Waals surface area contributed by atoms with Gasteiger partial charge < -0.3 is 10.1 Å². The van der Waals surface area contributed by atoms with E-state index in [2.05, 4.69) is 43.4 Å². The van der Waals surface area contributed by atoms with Crippen LogP contribution in [0.25, 0.3) is 0 Å². The lowest BCUT2D eigenvalue weighted by Crippen LogP contribution is -2.16. The Balaban J connectivity index is 2.17. The van der Waals surface area contributed by atoms with Gasteiger partial charge in [0.25, 0.3) is 0 Å². The first-order chi connectivity index (χ1) is 9.61. The van der Waals surface area contributed by atoms with E-state index in [4.69, 9.17) is 4.74 Å². The Morgan fingerprint density at radius 3 is 2.45 bits per heavy atom. The Morgan fingerprint density at radius 2 is 1.85 bits per heavy atom. The van der Waals surface area contributed by atoms with Crippen molar-refractivity contribution in [2.24, 2.45) is 5.92 Å². The van der Waals surface area contributed by atoms with Gasteiger partial charge in [0, 0.05) is 13.0 Å². The molecule has 0 amide bonds. The van der Waals surface area contributed by atoms with E-state index in [-0.39, 0.29) is 5.97 Å². The summed E-state index contributed by atoms with van der Waals surface area (Å²) in [6.07, 6.45) is 2.45. The quantitative estimate of drug-likeness (QED) is 0.556. The second-order valence-corrected chi connectivity index (χ2v) is 5.50. The number of hydrogen-bond donors (Lipinski definition) is 1. The molecule has 1 N–H and O–H groups in total. The smallest absolute Gasteiger partial charge is 0.305 e. The molecule has 0 saturated carbocycles. The zero-order valence-corrected chi connectivity index (χ0v) is 12.9. The highest BCUT2D eigenvalue weighted by molar-refractivity contribution is 5.69. The number of rotatable bonds is 9. The Morgan fingerprint density at radius 1 is 1.20 bits per heavy atom. The third kappa shape index (κ3) is 7.29. The van der Waals surface area contributed by atoms with Crippen LogP contribution in [0.3, 0.4) is 0 Å². The molecule has 0 unspecified atom stereocenters. The molecule has 1 aromatic carbocycles. The van der Waals surface area contributed by atoms with Crippen LogP contribution in [0.15, 0.2) is 24.3 Å². The van der Waals surface area contributed by atoms with E-state index >= 15 is 0 Å². The van der Waals surface area contributed by atoms with E-state index in [1.54, 1.807) is 0 Å². The summed E-state index contributed by atoms with van der Waals surface area (Å²) in [5.74, 6) is 0.592. The normalized spacial score (nSPS) is 10.8. The summed E-state index contributed by atoms with van der Waals surface area (Å²) >= 11 is 0. The third-order valence-electron chi connectivity index (χ3n) is 3.04. The summed E-state index contributed by atoms with van der Waals surface area (Å²) in [5, 5.41) is 3.35. The van der Waals surface area contributed by atoms with Crippen LogP contribution in [0.1, 0.15) is 44.7 Å². The molecule has 0 heterocycles. The van der Waals surface area contributed by atoms with E-state index in [0.29, 0.717) is 18.9 Å². The molecule has 0 radical (unpaired) electrons. The van der Waals surface area contributed by atoms with E-state index in [1.165, 1.54) is 11.1 Å². The molecule has 0 aliphatic carbocycles. The number of nitrogens with one attached hydrogen (secondary N) is 1. The minimum atomic E-state index is -0.104. The maximum absolute atomic E-state index is 11.2. The molecule has 0 fully saturated rings. The highest BCUT2D eigenvalue weighted by Gasteiger charge is 2.01. The molecule has 3 nitrogen and oxygen atoms in total. The fourth-order valence-electron chi connectivity index (χ4n) is 2.09. The molecule has 0 spiro atoms. The summed E-state index contributed by atoms with van der Waals surface area (Å²) < 4.78 is 4.88. The average molecular weight is 277 g/mol. The molecule has 0 aliphatic rings. The molecule has 112 valence electrons. The topological polar surface area (TPSA) is 38.3 Å². The van der Waals surface area contributed by atoms with Crippen molar-refractivity contribution in [3.63, 3.8) is 0 Å². The number of ether oxygens (including phenoxy) is 1. The standard InChI is InChI=1S/C17H27NO2/c1-4-20-17(19)6-5-11-18-13-16-9-7-15(8-10-16)12-14(2)3/h7-10,14,18H,4-6,11-13H2,1-3H3. The minimum Gasteiger partial charge on any atom is -0.466 e. The molecule has 0 saturated heterocycles. The van der Waals surface area contributed by atoms with Crippen LogP contribution in [0.2, 0.25) is 0 Å². The maximum Gasteiger partial charge on any atom is 0.305 e. The van der Waals surface area contributed by atoms with Crippen LogP contribution in [-0.4, -0.2) is 19.1 Å². The van der Waals surface area contributed by atoms with Gasteiger partial charge in [-0.05, 0) is 43.4 Å². The highest BCUT2D eigenvalue weighted by Crippen LogP contribution is 2.09. The predicted molar refractivity (Wildman–Crippen MR) is 82.6 cm³/mol. The second kappa shape index (κ2) is 9.54. The van der Waals surface area contributed by atoms with Gasteiger partial charge in [0.2, 0.25) is 0 Å². The summed E-state index contributed by atoms with van der Waals surface area (Å²) in [5.41, 5.74) is 2.68. The van der Waals surface area contributed by atoms with Gasteiger partial charge >= 0.3 is 5.97 Å². The van der Waals surface area contributed by atoms with Gasteiger partial charge in [0.1, 0.15) is 0 Å². The molecule has 0 aromatic heterocycles. The van der Waals surface area contributed by atoms with Crippen molar-refractivity contribution in [3.05, 3.63) is 35.4 Å². The number of esters is 1. The summed E-state index contributed by atoms with van der Waals surface area (Å²) in [6.45, 7) is 8.46. The minimum absolute atomic E-state index is 0.104. The van der Waals surface area contributed by atoms with Crippen molar-refractivity contribution < 1.29 is 9.53 Å². The fourth-order valence-corrected chi connectivity index (χ4v) is 2.09. The van der Waals surface area contributed by atoms with Gasteiger partial charge in [-0.15, -0.1) is 0 Å². The Kier molecular flexibility index (Phi) is 7.97. The zero-order chi connectivity index (χ0) is 14.8. The number of hydrogen-bond acceptors (Lipinski definition) is 3. The van der Waals surface area contributed by atoms with Crippen molar-refractivity contribution in [2.45, 2.75) is 46.6 Å². The Labute approximate surface area is 122 Å². The summed E-state index contributed by atoms with van der Waals surface area (Å²) in [6, 6.07) is 8.76. The largest absolute Gasteiger partial charge is 0.466 e. The molecular formula is C17H27NO2. The number of carbonyl (C=O) groups excluding carboxylic acids is 1. The van der Waals surface area contributed by atoms with Crippen LogP contribution in [0.5, 0.6) is 0 Å². The molecule has 0 aliphatic heterocycles. The summed E-state index contributed by atoms with van der Waals surface area (Å²) in [4.78, 5) is 11.2. The molecule has 1 aromatic rings. The Hall–Kier alpha value is -1.35. The first-order valence-electron chi connectivity index (χ1n) is 7.56. The van der Waals surface area contributed by atoms with Gasteiger partial charge in [-0.25, -0.2) is 0 Å². The van der Waals surface area contributed by atoms with E-state index < -0.39 is 0 Å². The first-order valence-corrected chi connectivity index (χ1v) is 7.56. The summed E-state index contributed by atoms with van der Waals surface area (Å²) in [7, 11) is 0. The first kappa shape index (κ1) is 16.7. The van der Waals surface area contributed by atoms with Crippen molar-refractivity contribution in [3.8, 4) is 0 Å². The van der Waals surface area contributed by atoms with E-state index in [1.807, 2.05) is 6.92 Å². The van der Waals surface area contributed by atoms with Crippen molar-refractivity contribution >= 4 is 5.97 Å². The van der Waals surface area contributed by atoms with Gasteiger partial charge in [0.05, 0.1) is 6.61 Å². The molecule has 3 heteroatoms. The lowest BCUT2D eigenvalue weighted by atomic mass is 10.0. The number of benzene rings is 1. The van der Waals surface area contributed by atoms with Crippen molar-refractivity contribution in [1.29, 1.82) is 0 Å². The fraction of sp³-hybridized carbons (Fsp3) is 0.588. The lowest BCUT2D eigenvalue weighted by Gasteiger charge is -2.08. The van der Waals surface area contributed by atoms with Crippen LogP contribution in [0.4, 0.5) is 0 Å². The molecule has 1 rings (SSSR count). The van der Waals surface area contributed by atoms with Crippen LogP contribution < -0.4 is 5.32 Å². The highest BCUT2D eigenvalue weighted by atomic mass is 16.5. The Bertz CT molecular complexity index is 384. The van der Waals surface area contributed by atoms with Crippen molar-refractivity contribution in [2.75, 3.05) is 13.2 Å². The third-order valence-corrected chi connectivity index (χ3v) is 3.04. The van der Waals surface area contributed by atoms with Gasteiger partial charge in [-0.2, -0.15) is 0 Å². The number of carbonyl (C=O) groups is 1. The monoisotopic (exact) mass is 277 g/mol. The zero-order valence-electron chi connectivity index (χ0n) is 12.9. The van der Waals surface area contributed by atoms with Crippen LogP contribution in [-0.2, 0) is 22.5 Å². The van der Waals surface area contributed by atoms with Gasteiger partial charge in [0.15, 0.2) is 0 Å². The maximum atomic E-state index is 11.2. The molecule has 0 atom stereocenters. The predicted octanol–water partition coefficient (Wildman–Crippen LogP) is 3.32. The van der Waals surface area contributed by atoms with Gasteiger partial charge in [-0.1, -0.05) is 38.1 Å². The van der Waals surface area contributed by atoms with Gasteiger partial charge in [-0.3, -0.25) is 4.79 Å². The van der Waals surface area contributed by atoms with Crippen molar-refractivity contribution in [1.82, 2.24) is 5.32 Å².